The van der Waals surface area contributed by atoms with Crippen LogP contribution < -0.4 is 5.32 Å². The zero-order valence-electron chi connectivity index (χ0n) is 9.03. The molecule has 0 aliphatic carbocycles. The topological polar surface area (TPSA) is 12.0 Å². The smallest absolute Gasteiger partial charge is 0.300 e. The van der Waals surface area contributed by atoms with Gasteiger partial charge in [0.1, 0.15) is 11.4 Å². The lowest BCUT2D eigenvalue weighted by Gasteiger charge is -2.29. The van der Waals surface area contributed by atoms with Crippen LogP contribution in [0.1, 0.15) is 19.4 Å². The molecule has 0 aliphatic rings. The summed E-state index contributed by atoms with van der Waals surface area (Å²) in [6, 6.07) is 5.35. The molecule has 90 valence electrons. The fourth-order valence-electron chi connectivity index (χ4n) is 1.03. The van der Waals surface area contributed by atoms with Crippen molar-refractivity contribution in [3.8, 4) is 0 Å². The van der Waals surface area contributed by atoms with Crippen LogP contribution >= 0.6 is 0 Å². The maximum atomic E-state index is 12.5. The van der Waals surface area contributed by atoms with Gasteiger partial charge in [-0.25, -0.2) is 4.39 Å². The molecular weight excluding hydrogens is 222 g/mol. The van der Waals surface area contributed by atoms with Gasteiger partial charge in [0.05, 0.1) is 0 Å². The SMILES string of the molecule is CC(C)(NCc1ccc(F)cc1)C(F)(F)F. The molecule has 0 aromatic heterocycles. The Hall–Kier alpha value is -1.10. The number of alkyl halides is 3. The monoisotopic (exact) mass is 235 g/mol. The third-order valence-corrected chi connectivity index (χ3v) is 2.36. The van der Waals surface area contributed by atoms with Crippen LogP contribution in [0.15, 0.2) is 24.3 Å². The molecule has 1 aromatic rings. The van der Waals surface area contributed by atoms with Crippen LogP contribution in [-0.4, -0.2) is 11.7 Å². The summed E-state index contributed by atoms with van der Waals surface area (Å²) >= 11 is 0. The van der Waals surface area contributed by atoms with Crippen LogP contribution in [0.2, 0.25) is 0 Å². The molecule has 0 amide bonds. The average Bonchev–Trinajstić information content (AvgIpc) is 2.15. The third-order valence-electron chi connectivity index (χ3n) is 2.36. The highest BCUT2D eigenvalue weighted by molar-refractivity contribution is 5.16. The highest BCUT2D eigenvalue weighted by atomic mass is 19.4. The maximum Gasteiger partial charge on any atom is 0.406 e. The van der Waals surface area contributed by atoms with Gasteiger partial charge in [-0.2, -0.15) is 13.2 Å². The molecule has 1 nitrogen and oxygen atoms in total. The van der Waals surface area contributed by atoms with Crippen molar-refractivity contribution in [1.29, 1.82) is 0 Å². The van der Waals surface area contributed by atoms with E-state index in [1.807, 2.05) is 0 Å². The summed E-state index contributed by atoms with van der Waals surface area (Å²) in [6.45, 7) is 2.18. The lowest BCUT2D eigenvalue weighted by atomic mass is 10.0. The molecule has 0 fully saturated rings. The van der Waals surface area contributed by atoms with E-state index in [2.05, 4.69) is 5.32 Å². The van der Waals surface area contributed by atoms with E-state index in [0.717, 1.165) is 13.8 Å². The molecule has 0 unspecified atom stereocenters. The van der Waals surface area contributed by atoms with Gasteiger partial charge >= 0.3 is 6.18 Å². The summed E-state index contributed by atoms with van der Waals surface area (Å²) in [5, 5.41) is 2.39. The van der Waals surface area contributed by atoms with Crippen molar-refractivity contribution in [2.75, 3.05) is 0 Å². The van der Waals surface area contributed by atoms with Crippen molar-refractivity contribution in [2.45, 2.75) is 32.1 Å². The van der Waals surface area contributed by atoms with Gasteiger partial charge in [-0.3, -0.25) is 5.32 Å². The summed E-state index contributed by atoms with van der Waals surface area (Å²) in [5.41, 5.74) is -1.35. The lowest BCUT2D eigenvalue weighted by Crippen LogP contribution is -2.51. The predicted octanol–water partition coefficient (Wildman–Crippen LogP) is 3.26. The molecule has 5 heteroatoms. The Kier molecular flexibility index (Phi) is 3.57. The van der Waals surface area contributed by atoms with Gasteiger partial charge in [-0.1, -0.05) is 12.1 Å². The summed E-state index contributed by atoms with van der Waals surface area (Å²) in [4.78, 5) is 0. The summed E-state index contributed by atoms with van der Waals surface area (Å²) < 4.78 is 50.0. The quantitative estimate of drug-likeness (QED) is 0.793. The minimum atomic E-state index is -4.31. The molecule has 1 rings (SSSR count). The second-order valence-corrected chi connectivity index (χ2v) is 4.10. The molecule has 0 aliphatic heterocycles. The van der Waals surface area contributed by atoms with Gasteiger partial charge in [-0.15, -0.1) is 0 Å². The van der Waals surface area contributed by atoms with E-state index in [0.29, 0.717) is 5.56 Å². The Morgan fingerprint density at radius 1 is 1.06 bits per heavy atom. The first-order valence-electron chi connectivity index (χ1n) is 4.78. The van der Waals surface area contributed by atoms with Crippen LogP contribution in [0.25, 0.3) is 0 Å². The van der Waals surface area contributed by atoms with E-state index < -0.39 is 17.5 Å². The largest absolute Gasteiger partial charge is 0.406 e. The number of rotatable bonds is 3. The van der Waals surface area contributed by atoms with Gasteiger partial charge < -0.3 is 0 Å². The first-order valence-corrected chi connectivity index (χ1v) is 4.78. The van der Waals surface area contributed by atoms with Crippen molar-refractivity contribution in [3.63, 3.8) is 0 Å². The molecule has 0 spiro atoms. The van der Waals surface area contributed by atoms with Crippen LogP contribution in [-0.2, 0) is 6.54 Å². The maximum absolute atomic E-state index is 12.5. The number of hydrogen-bond donors (Lipinski definition) is 1. The molecule has 0 bridgehead atoms. The van der Waals surface area contributed by atoms with Gasteiger partial charge in [0, 0.05) is 6.54 Å². The molecule has 1 aromatic carbocycles. The summed E-state index contributed by atoms with van der Waals surface area (Å²) in [5.74, 6) is -0.404. The molecule has 0 radical (unpaired) electrons. The second-order valence-electron chi connectivity index (χ2n) is 4.10. The van der Waals surface area contributed by atoms with Gasteiger partial charge in [0.25, 0.3) is 0 Å². The lowest BCUT2D eigenvalue weighted by molar-refractivity contribution is -0.186. The van der Waals surface area contributed by atoms with E-state index in [9.17, 15) is 17.6 Å². The molecular formula is C11H13F4N. The molecule has 16 heavy (non-hydrogen) atoms. The van der Waals surface area contributed by atoms with Crippen molar-refractivity contribution < 1.29 is 17.6 Å². The number of benzene rings is 1. The Bertz CT molecular complexity index is 340. The third kappa shape index (κ3) is 3.20. The molecule has 0 atom stereocenters. The minimum absolute atomic E-state index is 0.0484. The summed E-state index contributed by atoms with van der Waals surface area (Å²) in [7, 11) is 0. The van der Waals surface area contributed by atoms with E-state index in [-0.39, 0.29) is 6.54 Å². The fourth-order valence-corrected chi connectivity index (χ4v) is 1.03. The number of hydrogen-bond acceptors (Lipinski definition) is 1. The zero-order valence-corrected chi connectivity index (χ0v) is 9.03. The van der Waals surface area contributed by atoms with Crippen LogP contribution in [0.4, 0.5) is 17.6 Å². The Balaban J connectivity index is 2.61. The summed E-state index contributed by atoms with van der Waals surface area (Å²) in [6.07, 6.45) is -4.31. The average molecular weight is 235 g/mol. The van der Waals surface area contributed by atoms with Crippen LogP contribution in [0.5, 0.6) is 0 Å². The van der Waals surface area contributed by atoms with Crippen LogP contribution in [0, 0.1) is 5.82 Å². The first kappa shape index (κ1) is 13.0. The van der Waals surface area contributed by atoms with Gasteiger partial charge in [0.2, 0.25) is 0 Å². The van der Waals surface area contributed by atoms with Crippen molar-refractivity contribution in [1.82, 2.24) is 5.32 Å². The van der Waals surface area contributed by atoms with Gasteiger partial charge in [0.15, 0.2) is 0 Å². The number of halogens is 4. The number of nitrogens with one attached hydrogen (secondary N) is 1. The molecule has 1 N–H and O–H groups in total. The van der Waals surface area contributed by atoms with E-state index in [1.54, 1.807) is 0 Å². The minimum Gasteiger partial charge on any atom is -0.300 e. The van der Waals surface area contributed by atoms with E-state index >= 15 is 0 Å². The fraction of sp³-hybridized carbons (Fsp3) is 0.455. The first-order chi connectivity index (χ1) is 7.22. The van der Waals surface area contributed by atoms with E-state index in [1.165, 1.54) is 24.3 Å². The Labute approximate surface area is 91.5 Å². The normalized spacial score (nSPS) is 12.9. The molecule has 0 saturated heterocycles. The van der Waals surface area contributed by atoms with Gasteiger partial charge in [-0.05, 0) is 31.5 Å². The molecule has 0 saturated carbocycles. The standard InChI is InChI=1S/C11H13F4N/c1-10(2,11(13,14)15)16-7-8-3-5-9(12)6-4-8/h3-6,16H,7H2,1-2H3. The van der Waals surface area contributed by atoms with Crippen molar-refractivity contribution >= 4 is 0 Å². The highest BCUT2D eigenvalue weighted by Crippen LogP contribution is 2.29. The van der Waals surface area contributed by atoms with Crippen molar-refractivity contribution in [3.05, 3.63) is 35.6 Å². The van der Waals surface area contributed by atoms with Crippen molar-refractivity contribution in [2.24, 2.45) is 0 Å². The zero-order chi connectivity index (χ0) is 12.4. The second kappa shape index (κ2) is 4.41. The Morgan fingerprint density at radius 3 is 2.00 bits per heavy atom. The van der Waals surface area contributed by atoms with Crippen LogP contribution in [0.3, 0.4) is 0 Å². The molecule has 0 heterocycles. The highest BCUT2D eigenvalue weighted by Gasteiger charge is 2.46. The predicted molar refractivity (Wildman–Crippen MR) is 53.4 cm³/mol. The van der Waals surface area contributed by atoms with E-state index in [4.69, 9.17) is 0 Å². The Morgan fingerprint density at radius 2 is 1.56 bits per heavy atom.